The van der Waals surface area contributed by atoms with Gasteiger partial charge in [0.2, 0.25) is 10.1 Å². The van der Waals surface area contributed by atoms with Crippen LogP contribution >= 0.6 is 0 Å². The van der Waals surface area contributed by atoms with Gasteiger partial charge in [-0.1, -0.05) is 0 Å². The number of rotatable bonds is 2. The van der Waals surface area contributed by atoms with Crippen molar-refractivity contribution in [3.63, 3.8) is 0 Å². The summed E-state index contributed by atoms with van der Waals surface area (Å²) in [4.78, 5) is 1.90. The minimum Gasteiger partial charge on any atom is -0.480 e. The number of nitrogens with zero attached hydrogens (tertiary/aromatic N) is 1. The van der Waals surface area contributed by atoms with Crippen molar-refractivity contribution in [1.29, 1.82) is 4.78 Å². The van der Waals surface area contributed by atoms with E-state index in [1.807, 2.05) is 4.83 Å². The van der Waals surface area contributed by atoms with Crippen molar-refractivity contribution in [2.24, 2.45) is 5.84 Å². The summed E-state index contributed by atoms with van der Waals surface area (Å²) in [6.07, 6.45) is 6.16. The molecule has 1 heterocycles. The largest absolute Gasteiger partial charge is 0.480 e. The van der Waals surface area contributed by atoms with E-state index in [2.05, 4.69) is 0 Å². The average molecular weight is 190 g/mol. The van der Waals surface area contributed by atoms with Crippen LogP contribution in [0.4, 0.5) is 0 Å². The van der Waals surface area contributed by atoms with Gasteiger partial charge in [0, 0.05) is 6.20 Å². The molecule has 1 aliphatic rings. The predicted octanol–water partition coefficient (Wildman–Crippen LogP) is -0.356. The van der Waals surface area contributed by atoms with Crippen LogP contribution in [0.15, 0.2) is 24.6 Å². The molecule has 0 spiro atoms. The van der Waals surface area contributed by atoms with Crippen LogP contribution in [0.2, 0.25) is 0 Å². The van der Waals surface area contributed by atoms with E-state index in [1.165, 1.54) is 12.5 Å². The van der Waals surface area contributed by atoms with Crippen molar-refractivity contribution in [2.75, 3.05) is 6.73 Å². The maximum atomic E-state index is 11.3. The molecule has 0 aromatic heterocycles. The van der Waals surface area contributed by atoms with E-state index < -0.39 is 10.1 Å². The molecule has 0 aromatic rings. The molecule has 1 unspecified atom stereocenters. The number of hydrogen-bond donors (Lipinski definition) is 3. The first-order chi connectivity index (χ1) is 5.67. The topological polar surface area (TPSA) is 91.4 Å². The monoisotopic (exact) mass is 190 g/mol. The zero-order valence-electron chi connectivity index (χ0n) is 6.27. The van der Waals surface area contributed by atoms with Crippen molar-refractivity contribution in [1.82, 2.24) is 9.14 Å². The second kappa shape index (κ2) is 3.57. The highest BCUT2D eigenvalue weighted by Crippen LogP contribution is 2.02. The van der Waals surface area contributed by atoms with Gasteiger partial charge in [0.05, 0.1) is 6.26 Å². The standard InChI is InChI=1S/C5H10N4O2S/c6-8-12(7,10)9-3-1-2-4-11-5-9/h1-4H,5-6H2,(H2,7,8,10). The van der Waals surface area contributed by atoms with Crippen LogP contribution in [0.25, 0.3) is 0 Å². The summed E-state index contributed by atoms with van der Waals surface area (Å²) in [7, 11) is -3.14. The van der Waals surface area contributed by atoms with E-state index in [0.717, 1.165) is 4.31 Å². The number of hydrazine groups is 1. The summed E-state index contributed by atoms with van der Waals surface area (Å²) in [5.74, 6) is 4.92. The number of nitrogens with two attached hydrogens (primary N) is 1. The minimum atomic E-state index is -3.14. The van der Waals surface area contributed by atoms with Crippen molar-refractivity contribution >= 4 is 10.1 Å². The lowest BCUT2D eigenvalue weighted by Crippen LogP contribution is -2.40. The van der Waals surface area contributed by atoms with Gasteiger partial charge in [-0.05, 0) is 12.2 Å². The molecule has 1 rings (SSSR count). The summed E-state index contributed by atoms with van der Waals surface area (Å²) in [5.41, 5.74) is 0. The van der Waals surface area contributed by atoms with Gasteiger partial charge in [0.15, 0.2) is 6.73 Å². The maximum absolute atomic E-state index is 11.3. The number of nitrogens with one attached hydrogen (secondary N) is 2. The molecule has 12 heavy (non-hydrogen) atoms. The molecular formula is C5H10N4O2S. The van der Waals surface area contributed by atoms with Gasteiger partial charge in [-0.25, -0.2) is 13.3 Å². The maximum Gasteiger partial charge on any atom is 0.210 e. The minimum absolute atomic E-state index is 0.0412. The first kappa shape index (κ1) is 9.04. The lowest BCUT2D eigenvalue weighted by atomic mass is 10.6. The van der Waals surface area contributed by atoms with Crippen molar-refractivity contribution in [3.05, 3.63) is 24.6 Å². The van der Waals surface area contributed by atoms with Crippen LogP contribution in [-0.2, 0) is 14.8 Å². The molecule has 68 valence electrons. The van der Waals surface area contributed by atoms with Crippen LogP contribution in [0.1, 0.15) is 0 Å². The molecule has 4 N–H and O–H groups in total. The summed E-state index contributed by atoms with van der Waals surface area (Å²) < 4.78 is 24.5. The van der Waals surface area contributed by atoms with E-state index in [0.29, 0.717) is 0 Å². The number of hydrogen-bond acceptors (Lipinski definition) is 4. The lowest BCUT2D eigenvalue weighted by Gasteiger charge is -2.19. The Balaban J connectivity index is 2.77. The van der Waals surface area contributed by atoms with Gasteiger partial charge < -0.3 is 4.74 Å². The molecule has 6 nitrogen and oxygen atoms in total. The normalized spacial score (nSPS) is 21.2. The Kier molecular flexibility index (Phi) is 2.69. The quantitative estimate of drug-likeness (QED) is 0.410. The molecule has 0 radical (unpaired) electrons. The summed E-state index contributed by atoms with van der Waals surface area (Å²) >= 11 is 0. The van der Waals surface area contributed by atoms with E-state index in [-0.39, 0.29) is 6.73 Å². The van der Waals surface area contributed by atoms with Gasteiger partial charge in [-0.15, -0.1) is 0 Å². The summed E-state index contributed by atoms with van der Waals surface area (Å²) in [6, 6.07) is 0. The Morgan fingerprint density at radius 3 is 3.08 bits per heavy atom. The molecule has 0 saturated carbocycles. The predicted molar refractivity (Wildman–Crippen MR) is 44.3 cm³/mol. The number of ether oxygens (including phenoxy) is 1. The fourth-order valence-electron chi connectivity index (χ4n) is 0.634. The summed E-state index contributed by atoms with van der Waals surface area (Å²) in [6.45, 7) is 0.0412. The second-order valence-electron chi connectivity index (χ2n) is 2.03. The smallest absolute Gasteiger partial charge is 0.210 e. The van der Waals surface area contributed by atoms with Gasteiger partial charge in [0.1, 0.15) is 0 Å². The third-order valence-corrected chi connectivity index (χ3v) is 2.44. The molecule has 0 aliphatic carbocycles. The first-order valence-electron chi connectivity index (χ1n) is 3.14. The van der Waals surface area contributed by atoms with E-state index in [9.17, 15) is 4.21 Å². The van der Waals surface area contributed by atoms with E-state index >= 15 is 0 Å². The van der Waals surface area contributed by atoms with Crippen LogP contribution in [0.3, 0.4) is 0 Å². The van der Waals surface area contributed by atoms with Crippen LogP contribution < -0.4 is 10.7 Å². The third-order valence-electron chi connectivity index (χ3n) is 1.23. The molecule has 0 bridgehead atoms. The van der Waals surface area contributed by atoms with E-state index in [1.54, 1.807) is 12.2 Å². The van der Waals surface area contributed by atoms with Gasteiger partial charge in [0.25, 0.3) is 0 Å². The van der Waals surface area contributed by atoms with E-state index in [4.69, 9.17) is 15.4 Å². The van der Waals surface area contributed by atoms with Crippen LogP contribution in [0.5, 0.6) is 0 Å². The lowest BCUT2D eigenvalue weighted by molar-refractivity contribution is 0.186. The molecule has 0 saturated heterocycles. The molecule has 7 heteroatoms. The summed E-state index contributed by atoms with van der Waals surface area (Å²) in [5, 5.41) is 0. The Morgan fingerprint density at radius 1 is 1.67 bits per heavy atom. The highest BCUT2D eigenvalue weighted by Gasteiger charge is 2.12. The third kappa shape index (κ3) is 1.97. The highest BCUT2D eigenvalue weighted by molar-refractivity contribution is 7.88. The highest BCUT2D eigenvalue weighted by atomic mass is 32.2. The van der Waals surface area contributed by atoms with Gasteiger partial charge in [-0.3, -0.25) is 5.84 Å². The molecule has 1 aliphatic heterocycles. The van der Waals surface area contributed by atoms with Crippen molar-refractivity contribution < 1.29 is 8.95 Å². The first-order valence-corrected chi connectivity index (χ1v) is 4.66. The van der Waals surface area contributed by atoms with Crippen molar-refractivity contribution in [3.8, 4) is 0 Å². The average Bonchev–Trinajstić information content (AvgIpc) is 2.32. The molecule has 1 atom stereocenters. The molecular weight excluding hydrogens is 180 g/mol. The fourth-order valence-corrected chi connectivity index (χ4v) is 1.22. The molecule has 0 fully saturated rings. The Bertz CT molecular complexity index is 295. The Labute approximate surface area is 70.9 Å². The fraction of sp³-hybridized carbons (Fsp3) is 0.200. The second-order valence-corrected chi connectivity index (χ2v) is 3.78. The molecule has 0 aromatic carbocycles. The zero-order valence-corrected chi connectivity index (χ0v) is 7.08. The number of allylic oxidation sites excluding steroid dienone is 2. The molecule has 0 amide bonds. The van der Waals surface area contributed by atoms with Gasteiger partial charge >= 0.3 is 0 Å². The van der Waals surface area contributed by atoms with Crippen LogP contribution in [0, 0.1) is 4.78 Å². The van der Waals surface area contributed by atoms with Crippen LogP contribution in [-0.4, -0.2) is 15.2 Å². The Morgan fingerprint density at radius 2 is 2.42 bits per heavy atom. The van der Waals surface area contributed by atoms with Crippen molar-refractivity contribution in [2.45, 2.75) is 0 Å². The van der Waals surface area contributed by atoms with Gasteiger partial charge in [-0.2, -0.15) is 4.83 Å². The Hall–Kier alpha value is -1.05. The zero-order chi connectivity index (χ0) is 9.03. The SMILES string of the molecule is N=S(=O)(NN)N1C=CC=COC1.